The van der Waals surface area contributed by atoms with Crippen molar-refractivity contribution in [2.24, 2.45) is 5.41 Å². The summed E-state index contributed by atoms with van der Waals surface area (Å²) in [5.74, 6) is -0.640. The molecule has 114 valence electrons. The lowest BCUT2D eigenvalue weighted by Crippen LogP contribution is -2.41. The lowest BCUT2D eigenvalue weighted by Gasteiger charge is -2.19. The van der Waals surface area contributed by atoms with Crippen molar-refractivity contribution in [1.29, 1.82) is 0 Å². The van der Waals surface area contributed by atoms with Crippen molar-refractivity contribution >= 4 is 34.9 Å². The minimum absolute atomic E-state index is 0.145. The second-order valence-electron chi connectivity index (χ2n) is 5.42. The Hall–Kier alpha value is -1.95. The van der Waals surface area contributed by atoms with E-state index in [1.54, 1.807) is 52.0 Å². The molecule has 1 aromatic carbocycles. The SMILES string of the molecule is CCOC(=O)c1ccccc1NC(=S)NC(=O)C(C)(C)C. The molecule has 1 rings (SSSR count). The predicted octanol–water partition coefficient (Wildman–Crippen LogP) is 2.72. The van der Waals surface area contributed by atoms with Gasteiger partial charge in [-0.2, -0.15) is 0 Å². The molecule has 0 aliphatic carbocycles. The molecule has 0 heterocycles. The fraction of sp³-hybridized carbons (Fsp3) is 0.400. The number of hydrogen-bond acceptors (Lipinski definition) is 4. The zero-order valence-corrected chi connectivity index (χ0v) is 13.5. The molecule has 5 nitrogen and oxygen atoms in total. The average Bonchev–Trinajstić information content (AvgIpc) is 2.38. The van der Waals surface area contributed by atoms with E-state index >= 15 is 0 Å². The van der Waals surface area contributed by atoms with Gasteiger partial charge < -0.3 is 15.4 Å². The number of hydrogen-bond donors (Lipinski definition) is 2. The number of rotatable bonds is 3. The largest absolute Gasteiger partial charge is 0.462 e. The zero-order valence-electron chi connectivity index (χ0n) is 12.6. The first-order chi connectivity index (χ1) is 9.75. The number of benzene rings is 1. The lowest BCUT2D eigenvalue weighted by atomic mass is 9.96. The van der Waals surface area contributed by atoms with Crippen LogP contribution in [0.4, 0.5) is 5.69 Å². The normalized spacial score (nSPS) is 10.7. The van der Waals surface area contributed by atoms with Crippen LogP contribution in [0.15, 0.2) is 24.3 Å². The maximum atomic E-state index is 11.9. The zero-order chi connectivity index (χ0) is 16.0. The van der Waals surface area contributed by atoms with Gasteiger partial charge in [0.15, 0.2) is 5.11 Å². The molecule has 0 saturated heterocycles. The maximum absolute atomic E-state index is 11.9. The highest BCUT2D eigenvalue weighted by Crippen LogP contribution is 2.17. The van der Waals surface area contributed by atoms with Gasteiger partial charge >= 0.3 is 5.97 Å². The highest BCUT2D eigenvalue weighted by atomic mass is 32.1. The topological polar surface area (TPSA) is 67.4 Å². The van der Waals surface area contributed by atoms with Crippen molar-refractivity contribution in [3.63, 3.8) is 0 Å². The van der Waals surface area contributed by atoms with Crippen LogP contribution in [-0.2, 0) is 9.53 Å². The number of nitrogens with one attached hydrogen (secondary N) is 2. The highest BCUT2D eigenvalue weighted by molar-refractivity contribution is 7.80. The number of para-hydroxylation sites is 1. The summed E-state index contributed by atoms with van der Waals surface area (Å²) in [6, 6.07) is 6.82. The Morgan fingerprint density at radius 1 is 1.24 bits per heavy atom. The maximum Gasteiger partial charge on any atom is 0.340 e. The summed E-state index contributed by atoms with van der Waals surface area (Å²) < 4.78 is 4.98. The Kier molecular flexibility index (Phi) is 5.84. The fourth-order valence-corrected chi connectivity index (χ4v) is 1.63. The van der Waals surface area contributed by atoms with E-state index in [0.29, 0.717) is 17.9 Å². The van der Waals surface area contributed by atoms with Crippen molar-refractivity contribution in [2.45, 2.75) is 27.7 Å². The third-order valence-electron chi connectivity index (χ3n) is 2.58. The van der Waals surface area contributed by atoms with Gasteiger partial charge in [0.05, 0.1) is 17.9 Å². The van der Waals surface area contributed by atoms with Gasteiger partial charge in [-0.05, 0) is 31.3 Å². The second kappa shape index (κ2) is 7.17. The van der Waals surface area contributed by atoms with Crippen LogP contribution in [-0.4, -0.2) is 23.6 Å². The standard InChI is InChI=1S/C15H20N2O3S/c1-5-20-12(18)10-8-6-7-9-11(10)16-14(21)17-13(19)15(2,3)4/h6-9H,5H2,1-4H3,(H2,16,17,19,21). The van der Waals surface area contributed by atoms with Gasteiger partial charge in [-0.15, -0.1) is 0 Å². The summed E-state index contributed by atoms with van der Waals surface area (Å²) in [5, 5.41) is 5.59. The third-order valence-corrected chi connectivity index (χ3v) is 2.78. The van der Waals surface area contributed by atoms with E-state index < -0.39 is 11.4 Å². The summed E-state index contributed by atoms with van der Waals surface area (Å²) in [4.78, 5) is 23.7. The molecular weight excluding hydrogens is 288 g/mol. The van der Waals surface area contributed by atoms with Gasteiger partial charge in [0.25, 0.3) is 0 Å². The highest BCUT2D eigenvalue weighted by Gasteiger charge is 2.22. The van der Waals surface area contributed by atoms with E-state index in [1.165, 1.54) is 0 Å². The van der Waals surface area contributed by atoms with Crippen molar-refractivity contribution < 1.29 is 14.3 Å². The summed E-state index contributed by atoms with van der Waals surface area (Å²) in [6.07, 6.45) is 0. The number of esters is 1. The Morgan fingerprint density at radius 3 is 2.43 bits per heavy atom. The van der Waals surface area contributed by atoms with Crippen LogP contribution in [0.2, 0.25) is 0 Å². The van der Waals surface area contributed by atoms with Crippen LogP contribution in [0.3, 0.4) is 0 Å². The molecule has 2 N–H and O–H groups in total. The molecule has 6 heteroatoms. The molecule has 0 unspecified atom stereocenters. The van der Waals surface area contributed by atoms with Gasteiger partial charge in [0, 0.05) is 5.41 Å². The van der Waals surface area contributed by atoms with Gasteiger partial charge in [-0.3, -0.25) is 4.79 Å². The molecule has 0 bridgehead atoms. The molecule has 0 aliphatic heterocycles. The van der Waals surface area contributed by atoms with Crippen LogP contribution in [0.25, 0.3) is 0 Å². The predicted molar refractivity (Wildman–Crippen MR) is 86.2 cm³/mol. The summed E-state index contributed by atoms with van der Waals surface area (Å²) in [6.45, 7) is 7.40. The molecular formula is C15H20N2O3S. The molecule has 0 aliphatic rings. The van der Waals surface area contributed by atoms with E-state index in [4.69, 9.17) is 17.0 Å². The second-order valence-corrected chi connectivity index (χ2v) is 5.83. The van der Waals surface area contributed by atoms with E-state index in [0.717, 1.165) is 0 Å². The van der Waals surface area contributed by atoms with Crippen LogP contribution >= 0.6 is 12.2 Å². The molecule has 0 fully saturated rings. The van der Waals surface area contributed by atoms with Crippen molar-refractivity contribution in [3.8, 4) is 0 Å². The number of carbonyl (C=O) groups excluding carboxylic acids is 2. The van der Waals surface area contributed by atoms with Crippen LogP contribution in [0, 0.1) is 5.41 Å². The summed E-state index contributed by atoms with van der Waals surface area (Å²) >= 11 is 5.10. The Morgan fingerprint density at radius 2 is 1.86 bits per heavy atom. The minimum atomic E-state index is -0.549. The molecule has 0 radical (unpaired) electrons. The van der Waals surface area contributed by atoms with Crippen molar-refractivity contribution in [2.75, 3.05) is 11.9 Å². The summed E-state index contributed by atoms with van der Waals surface area (Å²) in [5.41, 5.74) is 0.314. The first-order valence-electron chi connectivity index (χ1n) is 6.64. The van der Waals surface area contributed by atoms with E-state index in [9.17, 15) is 9.59 Å². The molecule has 0 atom stereocenters. The van der Waals surface area contributed by atoms with Crippen LogP contribution in [0.1, 0.15) is 38.1 Å². The molecule has 1 aromatic rings. The van der Waals surface area contributed by atoms with Gasteiger partial charge in [-0.1, -0.05) is 32.9 Å². The molecule has 1 amide bonds. The molecule has 21 heavy (non-hydrogen) atoms. The Bertz CT molecular complexity index is 550. The number of thiocarbonyl (C=S) groups is 1. The van der Waals surface area contributed by atoms with Gasteiger partial charge in [0.2, 0.25) is 5.91 Å². The molecule has 0 saturated carbocycles. The van der Waals surface area contributed by atoms with Crippen LogP contribution < -0.4 is 10.6 Å². The first kappa shape index (κ1) is 17.1. The Balaban J connectivity index is 2.82. The van der Waals surface area contributed by atoms with Gasteiger partial charge in [-0.25, -0.2) is 4.79 Å². The van der Waals surface area contributed by atoms with Crippen molar-refractivity contribution in [3.05, 3.63) is 29.8 Å². The third kappa shape index (κ3) is 5.15. The molecule has 0 spiro atoms. The minimum Gasteiger partial charge on any atom is -0.462 e. The number of ether oxygens (including phenoxy) is 1. The quantitative estimate of drug-likeness (QED) is 0.664. The summed E-state index contributed by atoms with van der Waals surface area (Å²) in [7, 11) is 0. The number of amides is 1. The number of carbonyl (C=O) groups is 2. The van der Waals surface area contributed by atoms with E-state index in [-0.39, 0.29) is 11.0 Å². The first-order valence-corrected chi connectivity index (χ1v) is 7.05. The Labute approximate surface area is 130 Å². The number of anilines is 1. The smallest absolute Gasteiger partial charge is 0.340 e. The van der Waals surface area contributed by atoms with E-state index in [2.05, 4.69) is 10.6 Å². The van der Waals surface area contributed by atoms with Crippen LogP contribution in [0.5, 0.6) is 0 Å². The monoisotopic (exact) mass is 308 g/mol. The fourth-order valence-electron chi connectivity index (χ4n) is 1.42. The average molecular weight is 308 g/mol. The van der Waals surface area contributed by atoms with E-state index in [1.807, 2.05) is 0 Å². The van der Waals surface area contributed by atoms with Gasteiger partial charge in [0.1, 0.15) is 0 Å². The lowest BCUT2D eigenvalue weighted by molar-refractivity contribution is -0.126. The molecule has 0 aromatic heterocycles. The van der Waals surface area contributed by atoms with Crippen molar-refractivity contribution in [1.82, 2.24) is 5.32 Å².